The van der Waals surface area contributed by atoms with Gasteiger partial charge in [-0.3, -0.25) is 34.7 Å². The molecule has 23 heteroatoms. The molecule has 0 aromatic heterocycles. The minimum atomic E-state index is -5.57. The summed E-state index contributed by atoms with van der Waals surface area (Å²) in [5, 5.41) is 51.3. The van der Waals surface area contributed by atoms with Crippen LogP contribution in [0.4, 0.5) is 0 Å². The van der Waals surface area contributed by atoms with E-state index in [9.17, 15) is 44.1 Å². The maximum atomic E-state index is 12.4. The van der Waals surface area contributed by atoms with Crippen LogP contribution in [0.3, 0.4) is 0 Å². The molecule has 5 fully saturated rings. The highest BCUT2D eigenvalue weighted by Crippen LogP contribution is 2.58. The average molecular weight is 678 g/mol. The van der Waals surface area contributed by atoms with Gasteiger partial charge in [-0.25, -0.2) is 13.8 Å². The van der Waals surface area contributed by atoms with Crippen molar-refractivity contribution in [1.29, 1.82) is 0 Å². The molecule has 0 aliphatic carbocycles. The molecular formula is C21H41N7O14P2. The van der Waals surface area contributed by atoms with Crippen LogP contribution in [-0.4, -0.2) is 143 Å². The van der Waals surface area contributed by atoms with Crippen LogP contribution in [0.2, 0.25) is 0 Å². The number of carbonyl (C=O) groups excluding carboxylic acids is 1. The van der Waals surface area contributed by atoms with Gasteiger partial charge in [0.25, 0.3) is 13.7 Å². The van der Waals surface area contributed by atoms with Gasteiger partial charge in [0.2, 0.25) is 6.23 Å². The van der Waals surface area contributed by atoms with E-state index in [2.05, 4.69) is 24.8 Å². The summed E-state index contributed by atoms with van der Waals surface area (Å²) in [6, 6.07) is -0.920. The Bertz CT molecular complexity index is 1130. The molecule has 254 valence electrons. The Kier molecular flexibility index (Phi) is 10.8. The van der Waals surface area contributed by atoms with E-state index in [-0.39, 0.29) is 18.9 Å². The first-order chi connectivity index (χ1) is 20.7. The number of likely N-dealkylation sites (tertiary alicyclic amines) is 1. The average Bonchev–Trinajstić information content (AvgIpc) is 3.61. The summed E-state index contributed by atoms with van der Waals surface area (Å²) in [7, 11) is -10.9. The van der Waals surface area contributed by atoms with Crippen molar-refractivity contribution in [3.8, 4) is 0 Å². The van der Waals surface area contributed by atoms with E-state index in [1.165, 1.54) is 0 Å². The highest BCUT2D eigenvalue weighted by molar-refractivity contribution is 7.60. The highest BCUT2D eigenvalue weighted by Gasteiger charge is 2.53. The van der Waals surface area contributed by atoms with E-state index >= 15 is 0 Å². The van der Waals surface area contributed by atoms with Crippen molar-refractivity contribution < 1.29 is 71.9 Å². The van der Waals surface area contributed by atoms with E-state index in [1.54, 1.807) is 4.90 Å². The van der Waals surface area contributed by atoms with E-state index in [0.717, 1.165) is 6.42 Å². The molecule has 44 heavy (non-hydrogen) atoms. The standard InChI is InChI=1S/C21H41N7O14P2/c22-17-12-19(25-7-24-17)28(8-26-12)21-16(32)14(30)11(41-21)6-39-44(36,37)42-43(34,35)38-5-10-13(29)15(31)20(40-10)27-4-2-1-3-9(27)18(23)33/h9-17,19-21,24-26,29-32H,1-8,22H2,(H2,23,33)(H,34,35)(H,36,37). The van der Waals surface area contributed by atoms with Crippen molar-refractivity contribution in [3.63, 3.8) is 0 Å². The summed E-state index contributed by atoms with van der Waals surface area (Å²) >= 11 is 0. The van der Waals surface area contributed by atoms with Gasteiger partial charge in [0.05, 0.1) is 44.8 Å². The fourth-order valence-corrected chi connectivity index (χ4v) is 8.45. The number of phosphoric ester groups is 2. The molecule has 0 radical (unpaired) electrons. The number of phosphoric acid groups is 2. The molecule has 0 aromatic rings. The minimum Gasteiger partial charge on any atom is -0.756 e. The minimum absolute atomic E-state index is 0.236. The molecular weight excluding hydrogens is 636 g/mol. The summed E-state index contributed by atoms with van der Waals surface area (Å²) in [5.41, 5.74) is 11.5. The number of aliphatic hydroxyl groups excluding tert-OH is 4. The molecule has 15 unspecified atom stereocenters. The normalized spacial score (nSPS) is 45.9. The molecule has 0 bridgehead atoms. The molecule has 5 rings (SSSR count). The summed E-state index contributed by atoms with van der Waals surface area (Å²) in [4.78, 5) is 36.4. The molecule has 13 N–H and O–H groups in total. The number of nitrogens with one attached hydrogen (secondary N) is 4. The van der Waals surface area contributed by atoms with Gasteiger partial charge in [-0.2, -0.15) is 0 Å². The molecule has 5 heterocycles. The monoisotopic (exact) mass is 677 g/mol. The van der Waals surface area contributed by atoms with Crippen molar-refractivity contribution in [1.82, 2.24) is 20.9 Å². The van der Waals surface area contributed by atoms with Gasteiger partial charge in [0, 0.05) is 13.1 Å². The van der Waals surface area contributed by atoms with Crippen LogP contribution in [-0.2, 0) is 36.8 Å². The predicted octanol–water partition coefficient (Wildman–Crippen LogP) is -7.59. The predicted molar refractivity (Wildman–Crippen MR) is 141 cm³/mol. The van der Waals surface area contributed by atoms with Gasteiger partial charge in [-0.1, -0.05) is 0 Å². The Labute approximate surface area is 251 Å². The summed E-state index contributed by atoms with van der Waals surface area (Å²) in [5.74, 6) is -0.605. The number of quaternary nitrogens is 1. The number of rotatable bonds is 11. The number of hydrogen-bond donors (Lipinski definition) is 11. The van der Waals surface area contributed by atoms with Crippen LogP contribution in [0.15, 0.2) is 0 Å². The van der Waals surface area contributed by atoms with Crippen LogP contribution >= 0.6 is 15.6 Å². The summed E-state index contributed by atoms with van der Waals surface area (Å²) in [6.07, 6.45) is -9.89. The van der Waals surface area contributed by atoms with Crippen molar-refractivity contribution in [2.45, 2.75) is 92.8 Å². The lowest BCUT2D eigenvalue weighted by Gasteiger charge is -2.38. The molecule has 0 spiro atoms. The number of amides is 1. The van der Waals surface area contributed by atoms with Gasteiger partial charge in [-0.05, 0) is 12.8 Å². The Morgan fingerprint density at radius 3 is 2.41 bits per heavy atom. The van der Waals surface area contributed by atoms with Crippen molar-refractivity contribution in [2.75, 3.05) is 33.1 Å². The van der Waals surface area contributed by atoms with E-state index < -0.39 is 96.1 Å². The van der Waals surface area contributed by atoms with Gasteiger partial charge < -0.3 is 55.7 Å². The topological polar surface area (TPSA) is 317 Å². The third-order valence-corrected chi connectivity index (χ3v) is 11.2. The van der Waals surface area contributed by atoms with Gasteiger partial charge in [0.15, 0.2) is 12.1 Å². The third kappa shape index (κ3) is 7.37. The zero-order chi connectivity index (χ0) is 32.0. The number of nitrogens with zero attached hydrogens (tertiary/aromatic N) is 1. The van der Waals surface area contributed by atoms with Crippen LogP contribution in [0.25, 0.3) is 0 Å². The van der Waals surface area contributed by atoms with Gasteiger partial charge >= 0.3 is 7.82 Å². The molecule has 0 saturated carbocycles. The van der Waals surface area contributed by atoms with Crippen LogP contribution in [0, 0.1) is 0 Å². The van der Waals surface area contributed by atoms with Gasteiger partial charge in [0.1, 0.15) is 36.7 Å². The summed E-state index contributed by atoms with van der Waals surface area (Å²) < 4.78 is 49.7. The number of nitrogens with two attached hydrogens (primary N) is 2. The number of piperidine rings is 1. The molecule has 5 saturated heterocycles. The second-order valence-corrected chi connectivity index (χ2v) is 14.4. The Morgan fingerprint density at radius 2 is 1.68 bits per heavy atom. The molecule has 5 aliphatic rings. The molecule has 21 nitrogen and oxygen atoms in total. The first kappa shape index (κ1) is 34.6. The van der Waals surface area contributed by atoms with E-state index in [4.69, 9.17) is 25.5 Å². The van der Waals surface area contributed by atoms with Gasteiger partial charge in [-0.15, -0.1) is 0 Å². The number of hydrogen-bond acceptors (Lipinski definition) is 18. The maximum absolute atomic E-state index is 12.4. The first-order valence-electron chi connectivity index (χ1n) is 14.2. The number of ether oxygens (including phenoxy) is 2. The maximum Gasteiger partial charge on any atom is 0.478 e. The highest BCUT2D eigenvalue weighted by atomic mass is 31.3. The molecule has 1 amide bonds. The fraction of sp³-hybridized carbons (Fsp3) is 0.952. The second-order valence-electron chi connectivity index (χ2n) is 11.4. The lowest BCUT2D eigenvalue weighted by atomic mass is 10.00. The number of fused-ring (bicyclic) bond motifs is 1. The van der Waals surface area contributed by atoms with Crippen LogP contribution < -0.4 is 37.2 Å². The Hall–Kier alpha value is -0.750. The van der Waals surface area contributed by atoms with E-state index in [0.29, 0.717) is 31.0 Å². The number of primary amides is 1. The molecule has 15 atom stereocenters. The summed E-state index contributed by atoms with van der Waals surface area (Å²) in [6.45, 7) is -0.714. The van der Waals surface area contributed by atoms with Crippen LogP contribution in [0.1, 0.15) is 19.3 Å². The lowest BCUT2D eigenvalue weighted by molar-refractivity contribution is -0.968. The SMILES string of the molecule is NC(=O)C1CCCC[NH+]1C1OC(COP(=O)([O-])OP(=O)(O)OCC2OC(N3CNC4C(N)NCNC43)C(O)C2O)C(O)C1O. The molecule has 5 aliphatic heterocycles. The number of aliphatic hydroxyl groups is 4. The third-order valence-electron chi connectivity index (χ3n) is 8.64. The zero-order valence-electron chi connectivity index (χ0n) is 23.5. The first-order valence-corrected chi connectivity index (χ1v) is 17.2. The van der Waals surface area contributed by atoms with Crippen LogP contribution in [0.5, 0.6) is 0 Å². The smallest absolute Gasteiger partial charge is 0.478 e. The quantitative estimate of drug-likeness (QED) is 0.0905. The zero-order valence-corrected chi connectivity index (χ0v) is 25.3. The fourth-order valence-electron chi connectivity index (χ4n) is 6.39. The Morgan fingerprint density at radius 1 is 1.00 bits per heavy atom. The number of carbonyl (C=O) groups is 1. The molecule has 0 aromatic carbocycles. The van der Waals surface area contributed by atoms with Crippen molar-refractivity contribution in [3.05, 3.63) is 0 Å². The lowest BCUT2D eigenvalue weighted by Crippen LogP contribution is -3.22. The Balaban J connectivity index is 1.11. The largest absolute Gasteiger partial charge is 0.756 e. The van der Waals surface area contributed by atoms with Crippen molar-refractivity contribution in [2.24, 2.45) is 11.5 Å². The second kappa shape index (κ2) is 13.8. The van der Waals surface area contributed by atoms with Crippen molar-refractivity contribution >= 4 is 21.6 Å². The van der Waals surface area contributed by atoms with E-state index in [1.807, 2.05) is 0 Å².